The van der Waals surface area contributed by atoms with Crippen LogP contribution >= 0.6 is 63.0 Å². The van der Waals surface area contributed by atoms with Crippen molar-refractivity contribution >= 4 is 69.0 Å². The topological polar surface area (TPSA) is 36.4 Å². The summed E-state index contributed by atoms with van der Waals surface area (Å²) in [7, 11) is 0. The highest BCUT2D eigenvalue weighted by atomic mass is 127. The van der Waals surface area contributed by atoms with Crippen molar-refractivity contribution < 1.29 is 0 Å². The summed E-state index contributed by atoms with van der Waals surface area (Å²) >= 11 is 7.22. The highest BCUT2D eigenvalue weighted by Gasteiger charge is 2.24. The number of rotatable bonds is 5. The molecule has 0 spiro atoms. The molecular formula is C14H23BrIN3S2. The van der Waals surface area contributed by atoms with E-state index in [2.05, 4.69) is 56.9 Å². The van der Waals surface area contributed by atoms with Crippen LogP contribution in [0.2, 0.25) is 0 Å². The molecule has 0 bridgehead atoms. The molecule has 1 fully saturated rings. The van der Waals surface area contributed by atoms with Crippen molar-refractivity contribution in [1.82, 2.24) is 10.6 Å². The van der Waals surface area contributed by atoms with Crippen molar-refractivity contribution in [1.29, 1.82) is 0 Å². The lowest BCUT2D eigenvalue weighted by Gasteiger charge is -2.17. The largest absolute Gasteiger partial charge is 0.357 e. The van der Waals surface area contributed by atoms with Crippen LogP contribution in [0.3, 0.4) is 0 Å². The molecule has 1 aliphatic carbocycles. The second kappa shape index (κ2) is 10.3. The Kier molecular flexibility index (Phi) is 9.63. The van der Waals surface area contributed by atoms with Gasteiger partial charge in [0.05, 0.1) is 10.3 Å². The molecule has 3 nitrogen and oxygen atoms in total. The average Bonchev–Trinajstić information content (AvgIpc) is 3.05. The third-order valence-electron chi connectivity index (χ3n) is 3.42. The zero-order valence-corrected chi connectivity index (χ0v) is 17.9. The maximum absolute atomic E-state index is 4.69. The van der Waals surface area contributed by atoms with Gasteiger partial charge in [-0.1, -0.05) is 0 Å². The second-order valence-electron chi connectivity index (χ2n) is 4.91. The first-order valence-corrected chi connectivity index (χ1v) is 9.92. The van der Waals surface area contributed by atoms with Crippen LogP contribution in [0.15, 0.2) is 20.9 Å². The lowest BCUT2D eigenvalue weighted by atomic mass is 10.2. The summed E-state index contributed by atoms with van der Waals surface area (Å²) in [6, 6.07) is 4.78. The minimum Gasteiger partial charge on any atom is -0.357 e. The van der Waals surface area contributed by atoms with Gasteiger partial charge >= 0.3 is 0 Å². The van der Waals surface area contributed by atoms with E-state index >= 15 is 0 Å². The van der Waals surface area contributed by atoms with Crippen LogP contribution in [0.4, 0.5) is 0 Å². The number of halogens is 2. The fourth-order valence-corrected chi connectivity index (χ4v) is 4.60. The van der Waals surface area contributed by atoms with Crippen LogP contribution in [-0.4, -0.2) is 30.1 Å². The van der Waals surface area contributed by atoms with Crippen molar-refractivity contribution in [3.63, 3.8) is 0 Å². The predicted molar refractivity (Wildman–Crippen MR) is 110 cm³/mol. The summed E-state index contributed by atoms with van der Waals surface area (Å²) in [6.07, 6.45) is 6.02. The van der Waals surface area contributed by atoms with Gasteiger partial charge in [0.2, 0.25) is 0 Å². The van der Waals surface area contributed by atoms with Crippen molar-refractivity contribution in [3.8, 4) is 0 Å². The zero-order chi connectivity index (χ0) is 14.4. The lowest BCUT2D eigenvalue weighted by Crippen LogP contribution is -2.42. The molecule has 0 radical (unpaired) electrons. The second-order valence-corrected chi connectivity index (χ2v) is 8.60. The van der Waals surface area contributed by atoms with Gasteiger partial charge in [0.1, 0.15) is 0 Å². The molecule has 1 saturated carbocycles. The number of guanidine groups is 1. The van der Waals surface area contributed by atoms with Gasteiger partial charge in [-0.05, 0) is 60.5 Å². The number of hydrogen-bond acceptors (Lipinski definition) is 3. The van der Waals surface area contributed by atoms with Crippen molar-refractivity contribution in [3.05, 3.63) is 20.8 Å². The molecule has 1 heterocycles. The highest BCUT2D eigenvalue weighted by molar-refractivity contribution is 14.0. The molecule has 120 valence electrons. The minimum absolute atomic E-state index is 0. The van der Waals surface area contributed by atoms with Gasteiger partial charge in [0.25, 0.3) is 0 Å². The summed E-state index contributed by atoms with van der Waals surface area (Å²) in [5.41, 5.74) is 0. The highest BCUT2D eigenvalue weighted by Crippen LogP contribution is 2.28. The molecule has 2 N–H and O–H groups in total. The molecule has 2 rings (SSSR count). The number of nitrogens with one attached hydrogen (secondary N) is 2. The normalized spacial score (nSPS) is 22.0. The molecule has 0 aromatic carbocycles. The fourth-order valence-electron chi connectivity index (χ4n) is 2.39. The molecule has 1 aromatic heterocycles. The third kappa shape index (κ3) is 6.66. The van der Waals surface area contributed by atoms with Crippen LogP contribution in [0.25, 0.3) is 0 Å². The molecule has 1 aliphatic rings. The van der Waals surface area contributed by atoms with Gasteiger partial charge in [-0.25, -0.2) is 4.99 Å². The maximum Gasteiger partial charge on any atom is 0.191 e. The van der Waals surface area contributed by atoms with Gasteiger partial charge < -0.3 is 10.6 Å². The standard InChI is InChI=1S/C14H22BrN3S2.HI/c1-3-16-14(17-9-12-6-7-13(15)20-12)18-10-4-5-11(8-10)19-2;/h6-7,10-11H,3-5,8-9H2,1-2H3,(H2,16,17,18);1H. The smallest absolute Gasteiger partial charge is 0.191 e. The van der Waals surface area contributed by atoms with Gasteiger partial charge in [-0.15, -0.1) is 35.3 Å². The predicted octanol–water partition coefficient (Wildman–Crippen LogP) is 4.47. The Morgan fingerprint density at radius 1 is 1.48 bits per heavy atom. The summed E-state index contributed by atoms with van der Waals surface area (Å²) in [6.45, 7) is 3.75. The summed E-state index contributed by atoms with van der Waals surface area (Å²) < 4.78 is 1.17. The Bertz CT molecular complexity index is 453. The Balaban J connectivity index is 0.00000220. The minimum atomic E-state index is 0. The first kappa shape index (κ1) is 19.6. The zero-order valence-electron chi connectivity index (χ0n) is 12.4. The molecule has 0 saturated heterocycles. The molecule has 21 heavy (non-hydrogen) atoms. The van der Waals surface area contributed by atoms with Gasteiger partial charge in [-0.3, -0.25) is 0 Å². The Morgan fingerprint density at radius 2 is 2.29 bits per heavy atom. The van der Waals surface area contributed by atoms with Crippen LogP contribution in [0.1, 0.15) is 31.1 Å². The number of thioether (sulfide) groups is 1. The van der Waals surface area contributed by atoms with E-state index in [1.165, 1.54) is 27.9 Å². The van der Waals surface area contributed by atoms with E-state index in [0.29, 0.717) is 6.04 Å². The van der Waals surface area contributed by atoms with E-state index in [1.54, 1.807) is 11.3 Å². The molecule has 1 aromatic rings. The number of aliphatic imine (C=N–C) groups is 1. The fraction of sp³-hybridized carbons (Fsp3) is 0.643. The number of hydrogen-bond donors (Lipinski definition) is 2. The molecule has 7 heteroatoms. The summed E-state index contributed by atoms with van der Waals surface area (Å²) in [5.74, 6) is 0.948. The van der Waals surface area contributed by atoms with E-state index in [-0.39, 0.29) is 24.0 Å². The Labute approximate surface area is 161 Å². The summed E-state index contributed by atoms with van der Waals surface area (Å²) in [4.78, 5) is 5.97. The van der Waals surface area contributed by atoms with Crippen LogP contribution in [0.5, 0.6) is 0 Å². The van der Waals surface area contributed by atoms with E-state index in [1.807, 2.05) is 11.8 Å². The Hall–Kier alpha value is 0.530. The van der Waals surface area contributed by atoms with Crippen molar-refractivity contribution in [2.24, 2.45) is 4.99 Å². The first-order chi connectivity index (χ1) is 9.71. The average molecular weight is 504 g/mol. The van der Waals surface area contributed by atoms with Gasteiger partial charge in [0, 0.05) is 22.7 Å². The summed E-state index contributed by atoms with van der Waals surface area (Å²) in [5, 5.41) is 7.73. The van der Waals surface area contributed by atoms with Crippen LogP contribution in [-0.2, 0) is 6.54 Å². The van der Waals surface area contributed by atoms with Crippen molar-refractivity contribution in [2.75, 3.05) is 12.8 Å². The molecular weight excluding hydrogens is 481 g/mol. The third-order valence-corrected chi connectivity index (χ3v) is 6.13. The van der Waals surface area contributed by atoms with Crippen molar-refractivity contribution in [2.45, 2.75) is 44.0 Å². The van der Waals surface area contributed by atoms with Gasteiger partial charge in [0.15, 0.2) is 5.96 Å². The molecule has 0 amide bonds. The van der Waals surface area contributed by atoms with E-state index in [9.17, 15) is 0 Å². The molecule has 2 atom stereocenters. The number of nitrogens with zero attached hydrogens (tertiary/aromatic N) is 1. The maximum atomic E-state index is 4.69. The number of thiophene rings is 1. The lowest BCUT2D eigenvalue weighted by molar-refractivity contribution is 0.615. The SMILES string of the molecule is CCNC(=NCc1ccc(Br)s1)NC1CCC(SC)C1.I. The van der Waals surface area contributed by atoms with Crippen LogP contribution < -0.4 is 10.6 Å². The van der Waals surface area contributed by atoms with E-state index < -0.39 is 0 Å². The van der Waals surface area contributed by atoms with Crippen LogP contribution in [0, 0.1) is 0 Å². The van der Waals surface area contributed by atoms with E-state index in [4.69, 9.17) is 0 Å². The Morgan fingerprint density at radius 3 is 2.86 bits per heavy atom. The van der Waals surface area contributed by atoms with Gasteiger partial charge in [-0.2, -0.15) is 11.8 Å². The molecule has 0 aliphatic heterocycles. The monoisotopic (exact) mass is 503 g/mol. The first-order valence-electron chi connectivity index (χ1n) is 7.03. The van der Waals surface area contributed by atoms with E-state index in [0.717, 1.165) is 24.3 Å². The molecule has 2 unspecified atom stereocenters. The quantitative estimate of drug-likeness (QED) is 0.353.